The number of rotatable bonds is 6. The van der Waals surface area contributed by atoms with Crippen LogP contribution in [0.5, 0.6) is 0 Å². The Bertz CT molecular complexity index is 683. The summed E-state index contributed by atoms with van der Waals surface area (Å²) in [6.07, 6.45) is 3.60. The van der Waals surface area contributed by atoms with E-state index in [1.807, 2.05) is 12.1 Å². The number of nitrogens with one attached hydrogen (secondary N) is 2. The highest BCUT2D eigenvalue weighted by Gasteiger charge is 2.08. The summed E-state index contributed by atoms with van der Waals surface area (Å²) in [7, 11) is 0. The normalized spacial score (nSPS) is 11.8. The Morgan fingerprint density at radius 1 is 1.17 bits per heavy atom. The van der Waals surface area contributed by atoms with Gasteiger partial charge in [-0.15, -0.1) is 0 Å². The standard InChI is InChI=1S/C20H25BrN2S/c1-4-5-6-16-7-12-19(14(2)13-16)23-20(24)22-15(3)17-8-10-18(21)11-9-17/h7-13,15H,4-6H2,1-3H3,(H2,22,23,24). The van der Waals surface area contributed by atoms with E-state index in [-0.39, 0.29) is 6.04 Å². The lowest BCUT2D eigenvalue weighted by atomic mass is 10.0. The van der Waals surface area contributed by atoms with Gasteiger partial charge in [0.15, 0.2) is 5.11 Å². The first-order chi connectivity index (χ1) is 11.5. The van der Waals surface area contributed by atoms with Crippen LogP contribution in [-0.2, 0) is 6.42 Å². The molecule has 24 heavy (non-hydrogen) atoms. The van der Waals surface area contributed by atoms with Crippen molar-refractivity contribution in [1.82, 2.24) is 5.32 Å². The van der Waals surface area contributed by atoms with Gasteiger partial charge in [-0.2, -0.15) is 0 Å². The fourth-order valence-electron chi connectivity index (χ4n) is 2.59. The molecule has 1 atom stereocenters. The van der Waals surface area contributed by atoms with Crippen molar-refractivity contribution in [3.05, 3.63) is 63.6 Å². The van der Waals surface area contributed by atoms with Gasteiger partial charge in [0.25, 0.3) is 0 Å². The second-order valence-corrected chi connectivity index (χ2v) is 7.45. The number of unbranched alkanes of at least 4 members (excludes halogenated alkanes) is 1. The summed E-state index contributed by atoms with van der Waals surface area (Å²) in [5.41, 5.74) is 4.88. The molecule has 2 rings (SSSR count). The lowest BCUT2D eigenvalue weighted by Gasteiger charge is -2.18. The zero-order chi connectivity index (χ0) is 17.5. The SMILES string of the molecule is CCCCc1ccc(NC(=S)NC(C)c2ccc(Br)cc2)c(C)c1. The molecule has 2 aromatic carbocycles. The summed E-state index contributed by atoms with van der Waals surface area (Å²) in [5, 5.41) is 7.31. The van der Waals surface area contributed by atoms with Crippen molar-refractivity contribution in [2.45, 2.75) is 46.1 Å². The van der Waals surface area contributed by atoms with Crippen LogP contribution in [0.25, 0.3) is 0 Å². The van der Waals surface area contributed by atoms with Gasteiger partial charge in [0, 0.05) is 10.2 Å². The first kappa shape index (κ1) is 18.9. The maximum Gasteiger partial charge on any atom is 0.171 e. The molecule has 0 heterocycles. The summed E-state index contributed by atoms with van der Waals surface area (Å²) < 4.78 is 1.08. The lowest BCUT2D eigenvalue weighted by molar-refractivity contribution is 0.722. The quantitative estimate of drug-likeness (QED) is 0.564. The predicted molar refractivity (Wildman–Crippen MR) is 112 cm³/mol. The highest BCUT2D eigenvalue weighted by molar-refractivity contribution is 9.10. The first-order valence-corrected chi connectivity index (χ1v) is 9.62. The fourth-order valence-corrected chi connectivity index (χ4v) is 3.14. The fraction of sp³-hybridized carbons (Fsp3) is 0.350. The lowest BCUT2D eigenvalue weighted by Crippen LogP contribution is -2.31. The molecule has 0 spiro atoms. The molecule has 0 aliphatic carbocycles. The van der Waals surface area contributed by atoms with Crippen molar-refractivity contribution in [2.24, 2.45) is 0 Å². The van der Waals surface area contributed by atoms with Gasteiger partial charge in [0.2, 0.25) is 0 Å². The second-order valence-electron chi connectivity index (χ2n) is 6.12. The largest absolute Gasteiger partial charge is 0.356 e. The summed E-state index contributed by atoms with van der Waals surface area (Å²) >= 11 is 8.93. The molecule has 0 aliphatic rings. The molecule has 0 fully saturated rings. The van der Waals surface area contributed by atoms with E-state index in [4.69, 9.17) is 12.2 Å². The number of thiocarbonyl (C=S) groups is 1. The Labute approximate surface area is 159 Å². The van der Waals surface area contributed by atoms with E-state index in [0.29, 0.717) is 5.11 Å². The third-order valence-electron chi connectivity index (χ3n) is 4.08. The molecule has 0 saturated carbocycles. The zero-order valence-corrected chi connectivity index (χ0v) is 16.9. The Kier molecular flexibility index (Phi) is 7.25. The minimum absolute atomic E-state index is 0.155. The number of hydrogen-bond acceptors (Lipinski definition) is 1. The first-order valence-electron chi connectivity index (χ1n) is 8.42. The van der Waals surface area contributed by atoms with Crippen molar-refractivity contribution in [3.63, 3.8) is 0 Å². The van der Waals surface area contributed by atoms with Gasteiger partial charge in [-0.05, 0) is 73.8 Å². The molecule has 2 aromatic rings. The number of halogens is 1. The molecule has 0 aromatic heterocycles. The van der Waals surface area contributed by atoms with Crippen LogP contribution in [0.4, 0.5) is 5.69 Å². The van der Waals surface area contributed by atoms with Gasteiger partial charge >= 0.3 is 0 Å². The molecule has 0 saturated heterocycles. The summed E-state index contributed by atoms with van der Waals surface area (Å²) in [5.74, 6) is 0. The average molecular weight is 405 g/mol. The van der Waals surface area contributed by atoms with E-state index < -0.39 is 0 Å². The maximum absolute atomic E-state index is 5.47. The van der Waals surface area contributed by atoms with Crippen molar-refractivity contribution >= 4 is 38.9 Å². The molecular formula is C20H25BrN2S. The van der Waals surface area contributed by atoms with Crippen molar-refractivity contribution in [2.75, 3.05) is 5.32 Å². The monoisotopic (exact) mass is 404 g/mol. The molecule has 4 heteroatoms. The molecule has 0 bridgehead atoms. The van der Waals surface area contributed by atoms with Crippen LogP contribution in [-0.4, -0.2) is 5.11 Å². The van der Waals surface area contributed by atoms with Gasteiger partial charge in [-0.25, -0.2) is 0 Å². The van der Waals surface area contributed by atoms with E-state index in [2.05, 4.69) is 77.7 Å². The van der Waals surface area contributed by atoms with E-state index in [9.17, 15) is 0 Å². The van der Waals surface area contributed by atoms with E-state index in [1.165, 1.54) is 29.5 Å². The Morgan fingerprint density at radius 2 is 1.88 bits per heavy atom. The molecule has 0 radical (unpaired) electrons. The van der Waals surface area contributed by atoms with Crippen LogP contribution in [0.1, 0.15) is 49.4 Å². The topological polar surface area (TPSA) is 24.1 Å². The summed E-state index contributed by atoms with van der Waals surface area (Å²) in [4.78, 5) is 0. The predicted octanol–water partition coefficient (Wildman–Crippen LogP) is 6.15. The zero-order valence-electron chi connectivity index (χ0n) is 14.5. The number of aryl methyl sites for hydroxylation is 2. The Balaban J connectivity index is 1.95. The molecule has 0 aliphatic heterocycles. The smallest absolute Gasteiger partial charge is 0.171 e. The molecule has 2 nitrogen and oxygen atoms in total. The molecule has 2 N–H and O–H groups in total. The summed E-state index contributed by atoms with van der Waals surface area (Å²) in [6, 6.07) is 15.0. The van der Waals surface area contributed by atoms with Crippen LogP contribution >= 0.6 is 28.1 Å². The van der Waals surface area contributed by atoms with Crippen LogP contribution in [0.3, 0.4) is 0 Å². The highest BCUT2D eigenvalue weighted by atomic mass is 79.9. The van der Waals surface area contributed by atoms with Gasteiger partial charge in [-0.1, -0.05) is 53.5 Å². The Morgan fingerprint density at radius 3 is 2.50 bits per heavy atom. The third-order valence-corrected chi connectivity index (χ3v) is 4.82. The number of benzene rings is 2. The Hall–Kier alpha value is -1.39. The van der Waals surface area contributed by atoms with Gasteiger partial charge in [0.1, 0.15) is 0 Å². The number of anilines is 1. The second kappa shape index (κ2) is 9.19. The average Bonchev–Trinajstić information content (AvgIpc) is 2.55. The maximum atomic E-state index is 5.47. The van der Waals surface area contributed by atoms with Crippen LogP contribution in [0.15, 0.2) is 46.9 Å². The molecular weight excluding hydrogens is 380 g/mol. The van der Waals surface area contributed by atoms with Gasteiger partial charge < -0.3 is 10.6 Å². The van der Waals surface area contributed by atoms with Crippen LogP contribution in [0, 0.1) is 6.92 Å². The van der Waals surface area contributed by atoms with Crippen LogP contribution < -0.4 is 10.6 Å². The summed E-state index contributed by atoms with van der Waals surface area (Å²) in [6.45, 7) is 6.45. The molecule has 0 amide bonds. The van der Waals surface area contributed by atoms with Crippen molar-refractivity contribution < 1.29 is 0 Å². The highest BCUT2D eigenvalue weighted by Crippen LogP contribution is 2.19. The van der Waals surface area contributed by atoms with Crippen molar-refractivity contribution in [1.29, 1.82) is 0 Å². The van der Waals surface area contributed by atoms with E-state index in [1.54, 1.807) is 0 Å². The minimum atomic E-state index is 0.155. The van der Waals surface area contributed by atoms with E-state index in [0.717, 1.165) is 16.6 Å². The molecule has 128 valence electrons. The van der Waals surface area contributed by atoms with Crippen LogP contribution in [0.2, 0.25) is 0 Å². The van der Waals surface area contributed by atoms with E-state index >= 15 is 0 Å². The van der Waals surface area contributed by atoms with Gasteiger partial charge in [-0.3, -0.25) is 0 Å². The third kappa shape index (κ3) is 5.60. The van der Waals surface area contributed by atoms with Crippen molar-refractivity contribution in [3.8, 4) is 0 Å². The molecule has 1 unspecified atom stereocenters. The number of hydrogen-bond donors (Lipinski definition) is 2. The minimum Gasteiger partial charge on any atom is -0.356 e. The van der Waals surface area contributed by atoms with Gasteiger partial charge in [0.05, 0.1) is 6.04 Å².